The van der Waals surface area contributed by atoms with Crippen LogP contribution in [-0.2, 0) is 13.0 Å². The second kappa shape index (κ2) is 8.08. The summed E-state index contributed by atoms with van der Waals surface area (Å²) in [4.78, 5) is 14.9. The van der Waals surface area contributed by atoms with Gasteiger partial charge in [-0.2, -0.15) is 0 Å². The molecule has 1 amide bonds. The van der Waals surface area contributed by atoms with Crippen LogP contribution in [0, 0.1) is 11.3 Å². The molecule has 5 heteroatoms. The Morgan fingerprint density at radius 3 is 2.68 bits per heavy atom. The minimum absolute atomic E-state index is 0.0161. The maximum Gasteiger partial charge on any atom is 0.251 e. The molecule has 1 aliphatic heterocycles. The first-order valence-corrected chi connectivity index (χ1v) is 10.5. The van der Waals surface area contributed by atoms with Gasteiger partial charge in [0.2, 0.25) is 0 Å². The molecule has 2 heterocycles. The number of piperidine rings is 1. The van der Waals surface area contributed by atoms with Crippen LogP contribution in [0.2, 0.25) is 0 Å². The third-order valence-corrected chi connectivity index (χ3v) is 6.70. The maximum atomic E-state index is 12.5. The van der Waals surface area contributed by atoms with Crippen molar-refractivity contribution in [3.63, 3.8) is 0 Å². The molecule has 2 aromatic rings. The lowest BCUT2D eigenvalue weighted by atomic mass is 9.57. The summed E-state index contributed by atoms with van der Waals surface area (Å²) in [6.45, 7) is 7.68. The van der Waals surface area contributed by atoms with Crippen molar-refractivity contribution in [3.8, 4) is 0 Å². The normalized spacial score (nSPS) is 24.5. The zero-order valence-corrected chi connectivity index (χ0v) is 17.0. The second-order valence-electron chi connectivity index (χ2n) is 8.97. The molecule has 1 saturated carbocycles. The van der Waals surface area contributed by atoms with Crippen LogP contribution in [0.3, 0.4) is 0 Å². The van der Waals surface area contributed by atoms with Gasteiger partial charge in [-0.25, -0.2) is 0 Å². The molecular weight excluding hydrogens is 350 g/mol. The fourth-order valence-corrected chi connectivity index (χ4v) is 4.56. The van der Waals surface area contributed by atoms with Crippen molar-refractivity contribution in [1.29, 1.82) is 0 Å². The van der Waals surface area contributed by atoms with Crippen molar-refractivity contribution in [3.05, 3.63) is 53.4 Å². The lowest BCUT2D eigenvalue weighted by Crippen LogP contribution is -2.58. The van der Waals surface area contributed by atoms with Crippen molar-refractivity contribution in [2.24, 2.45) is 11.3 Å². The van der Waals surface area contributed by atoms with E-state index in [4.69, 9.17) is 4.52 Å². The fourth-order valence-electron chi connectivity index (χ4n) is 4.56. The van der Waals surface area contributed by atoms with Gasteiger partial charge in [0.1, 0.15) is 0 Å². The highest BCUT2D eigenvalue weighted by molar-refractivity contribution is 5.94. The van der Waals surface area contributed by atoms with E-state index in [0.717, 1.165) is 49.5 Å². The third kappa shape index (κ3) is 4.14. The molecule has 28 heavy (non-hydrogen) atoms. The molecule has 1 saturated heterocycles. The van der Waals surface area contributed by atoms with E-state index >= 15 is 0 Å². The van der Waals surface area contributed by atoms with E-state index in [1.807, 2.05) is 30.3 Å². The first-order chi connectivity index (χ1) is 13.5. The molecule has 2 aliphatic rings. The van der Waals surface area contributed by atoms with Crippen LogP contribution >= 0.6 is 0 Å². The molecule has 0 bridgehead atoms. The molecule has 0 radical (unpaired) electrons. The Morgan fingerprint density at radius 2 is 1.96 bits per heavy atom. The van der Waals surface area contributed by atoms with Gasteiger partial charge in [0, 0.05) is 17.7 Å². The van der Waals surface area contributed by atoms with Crippen LogP contribution < -0.4 is 5.32 Å². The van der Waals surface area contributed by atoms with E-state index in [1.165, 1.54) is 19.3 Å². The van der Waals surface area contributed by atoms with Gasteiger partial charge in [-0.1, -0.05) is 43.6 Å². The molecule has 150 valence electrons. The summed E-state index contributed by atoms with van der Waals surface area (Å²) in [6, 6.07) is 11.8. The topological polar surface area (TPSA) is 58.4 Å². The average molecular weight is 382 g/mol. The van der Waals surface area contributed by atoms with Crippen LogP contribution in [0.15, 0.2) is 40.9 Å². The highest BCUT2D eigenvalue weighted by Gasteiger charge is 2.48. The first kappa shape index (κ1) is 19.2. The largest absolute Gasteiger partial charge is 0.360 e. The van der Waals surface area contributed by atoms with E-state index < -0.39 is 0 Å². The second-order valence-corrected chi connectivity index (χ2v) is 8.97. The number of aromatic nitrogens is 1. The summed E-state index contributed by atoms with van der Waals surface area (Å²) < 4.78 is 5.59. The number of nitrogens with zero attached hydrogens (tertiary/aromatic N) is 2. The van der Waals surface area contributed by atoms with Gasteiger partial charge in [0.25, 0.3) is 5.91 Å². The number of likely N-dealkylation sites (tertiary alicyclic amines) is 1. The zero-order chi connectivity index (χ0) is 19.6. The molecule has 1 aromatic heterocycles. The highest BCUT2D eigenvalue weighted by Crippen LogP contribution is 2.47. The van der Waals surface area contributed by atoms with Crippen LogP contribution in [-0.4, -0.2) is 35.1 Å². The molecular formula is C23H31N3O2. The zero-order valence-electron chi connectivity index (χ0n) is 17.0. The molecule has 1 aromatic carbocycles. The maximum absolute atomic E-state index is 12.5. The van der Waals surface area contributed by atoms with Crippen molar-refractivity contribution < 1.29 is 9.32 Å². The first-order valence-electron chi connectivity index (χ1n) is 10.5. The van der Waals surface area contributed by atoms with Crippen LogP contribution in [0.5, 0.6) is 0 Å². The smallest absolute Gasteiger partial charge is 0.251 e. The summed E-state index contributed by atoms with van der Waals surface area (Å²) in [6.07, 6.45) is 5.81. The van der Waals surface area contributed by atoms with Gasteiger partial charge in [-0.3, -0.25) is 9.69 Å². The van der Waals surface area contributed by atoms with Crippen LogP contribution in [0.25, 0.3) is 0 Å². The minimum atomic E-state index is 0.0161. The van der Waals surface area contributed by atoms with Crippen molar-refractivity contribution in [1.82, 2.24) is 15.4 Å². The van der Waals surface area contributed by atoms with Crippen molar-refractivity contribution in [2.45, 2.75) is 58.5 Å². The number of benzene rings is 1. The monoisotopic (exact) mass is 381 g/mol. The Labute approximate surface area is 167 Å². The Hall–Kier alpha value is -2.14. The molecule has 4 rings (SSSR count). The molecule has 1 aliphatic carbocycles. The Balaban J connectivity index is 1.30. The number of nitrogens with one attached hydrogen (secondary N) is 1. The number of carbonyl (C=O) groups excluding carboxylic acids is 1. The Bertz CT molecular complexity index is 793. The van der Waals surface area contributed by atoms with Gasteiger partial charge >= 0.3 is 0 Å². The summed E-state index contributed by atoms with van der Waals surface area (Å²) in [5.74, 6) is 1.49. The summed E-state index contributed by atoms with van der Waals surface area (Å²) in [7, 11) is 0. The molecule has 0 spiro atoms. The van der Waals surface area contributed by atoms with Crippen LogP contribution in [0.4, 0.5) is 0 Å². The Kier molecular flexibility index (Phi) is 5.54. The quantitative estimate of drug-likeness (QED) is 0.820. The van der Waals surface area contributed by atoms with E-state index in [0.29, 0.717) is 5.92 Å². The van der Waals surface area contributed by atoms with Gasteiger partial charge in [0.05, 0.1) is 12.2 Å². The fraction of sp³-hybridized carbons (Fsp3) is 0.565. The lowest BCUT2D eigenvalue weighted by Gasteiger charge is -2.52. The highest BCUT2D eigenvalue weighted by atomic mass is 16.5. The molecule has 2 atom stereocenters. The van der Waals surface area contributed by atoms with Crippen LogP contribution in [0.1, 0.15) is 61.3 Å². The number of amides is 1. The molecule has 2 fully saturated rings. The lowest BCUT2D eigenvalue weighted by molar-refractivity contribution is 0.0138. The number of carbonyl (C=O) groups is 1. The molecule has 1 N–H and O–H groups in total. The number of rotatable bonds is 6. The Morgan fingerprint density at radius 1 is 1.21 bits per heavy atom. The van der Waals surface area contributed by atoms with E-state index in [2.05, 4.69) is 35.3 Å². The predicted octanol–water partition coefficient (Wildman–Crippen LogP) is 4.05. The van der Waals surface area contributed by atoms with Crippen molar-refractivity contribution >= 4 is 5.91 Å². The number of hydrogen-bond donors (Lipinski definition) is 1. The van der Waals surface area contributed by atoms with Gasteiger partial charge in [0.15, 0.2) is 5.76 Å². The average Bonchev–Trinajstić information content (AvgIpc) is 3.15. The molecule has 5 nitrogen and oxygen atoms in total. The molecule has 2 unspecified atom stereocenters. The van der Waals surface area contributed by atoms with Gasteiger partial charge in [-0.05, 0) is 62.2 Å². The summed E-state index contributed by atoms with van der Waals surface area (Å²) in [5.41, 5.74) is 1.81. The van der Waals surface area contributed by atoms with E-state index in [1.54, 1.807) is 0 Å². The van der Waals surface area contributed by atoms with E-state index in [-0.39, 0.29) is 17.4 Å². The number of hydrogen-bond acceptors (Lipinski definition) is 4. The standard InChI is InChI=1S/C23H31N3O2/c1-23(2)18(14-21(23)24-22(27)17-9-5-3-6-10-17)13-19-15-20(28-25-19)16-26-11-7-4-8-12-26/h3,5-6,9-10,15,18,21H,4,7-8,11-14,16H2,1-2H3,(H,24,27). The summed E-state index contributed by atoms with van der Waals surface area (Å²) >= 11 is 0. The third-order valence-electron chi connectivity index (χ3n) is 6.70. The van der Waals surface area contributed by atoms with E-state index in [9.17, 15) is 4.79 Å². The van der Waals surface area contributed by atoms with Gasteiger partial charge < -0.3 is 9.84 Å². The minimum Gasteiger partial charge on any atom is -0.360 e. The van der Waals surface area contributed by atoms with Gasteiger partial charge in [-0.15, -0.1) is 0 Å². The van der Waals surface area contributed by atoms with Crippen molar-refractivity contribution in [2.75, 3.05) is 13.1 Å². The summed E-state index contributed by atoms with van der Waals surface area (Å²) in [5, 5.41) is 7.52. The predicted molar refractivity (Wildman–Crippen MR) is 109 cm³/mol. The SMILES string of the molecule is CC1(C)C(Cc2cc(CN3CCCCC3)on2)CC1NC(=O)c1ccccc1.